The lowest BCUT2D eigenvalue weighted by Crippen LogP contribution is -2.42. The zero-order chi connectivity index (χ0) is 22.2. The predicted octanol–water partition coefficient (Wildman–Crippen LogP) is 4.17. The maximum Gasteiger partial charge on any atom is 0.387 e. The third kappa shape index (κ3) is 5.93. The molecule has 0 saturated carbocycles. The second kappa shape index (κ2) is 10.7. The van der Waals surface area contributed by atoms with Gasteiger partial charge in [0.25, 0.3) is 5.91 Å². The molecule has 1 saturated heterocycles. The zero-order valence-corrected chi connectivity index (χ0v) is 17.4. The molecule has 1 unspecified atom stereocenters. The first-order valence-corrected chi connectivity index (χ1v) is 10.2. The van der Waals surface area contributed by atoms with E-state index in [9.17, 15) is 18.4 Å². The standard InChI is InChI=1S/C23H26F2N2O4/c1-30-17-12-10-16(11-13-17)19-8-3-2-6-14-27(19)21(28)15-26-22(29)18-7-4-5-9-20(18)31-23(24)25/h4-5,7,9-13,19,23H,2-3,6,8,14-15H2,1H3,(H,26,29). The smallest absolute Gasteiger partial charge is 0.387 e. The Morgan fingerprint density at radius 1 is 1.10 bits per heavy atom. The first-order chi connectivity index (χ1) is 15.0. The number of carbonyl (C=O) groups is 2. The summed E-state index contributed by atoms with van der Waals surface area (Å²) in [6.45, 7) is -2.68. The van der Waals surface area contributed by atoms with E-state index in [4.69, 9.17) is 4.74 Å². The van der Waals surface area contributed by atoms with Crippen molar-refractivity contribution >= 4 is 11.8 Å². The van der Waals surface area contributed by atoms with Crippen LogP contribution in [-0.2, 0) is 4.79 Å². The highest BCUT2D eigenvalue weighted by molar-refractivity contribution is 5.98. The molecule has 166 valence electrons. The topological polar surface area (TPSA) is 67.9 Å². The monoisotopic (exact) mass is 432 g/mol. The van der Waals surface area contributed by atoms with Crippen LogP contribution in [0, 0.1) is 0 Å². The number of hydrogen-bond donors (Lipinski definition) is 1. The molecule has 2 aromatic rings. The molecular formula is C23H26F2N2O4. The molecule has 6 nitrogen and oxygen atoms in total. The van der Waals surface area contributed by atoms with E-state index < -0.39 is 12.5 Å². The number of para-hydroxylation sites is 1. The summed E-state index contributed by atoms with van der Waals surface area (Å²) in [6, 6.07) is 13.3. The van der Waals surface area contributed by atoms with Crippen LogP contribution in [-0.4, -0.2) is 43.5 Å². The first-order valence-electron chi connectivity index (χ1n) is 10.2. The highest BCUT2D eigenvalue weighted by Crippen LogP contribution is 2.31. The third-order valence-electron chi connectivity index (χ3n) is 5.32. The van der Waals surface area contributed by atoms with Gasteiger partial charge in [0.15, 0.2) is 0 Å². The molecular weight excluding hydrogens is 406 g/mol. The number of rotatable bonds is 7. The van der Waals surface area contributed by atoms with Gasteiger partial charge in [-0.15, -0.1) is 0 Å². The molecule has 3 rings (SSSR count). The van der Waals surface area contributed by atoms with Crippen LogP contribution in [0.4, 0.5) is 8.78 Å². The van der Waals surface area contributed by atoms with Crippen LogP contribution >= 0.6 is 0 Å². The first kappa shape index (κ1) is 22.5. The SMILES string of the molecule is COc1ccc(C2CCCCCN2C(=O)CNC(=O)c2ccccc2OC(F)F)cc1. The number of amides is 2. The van der Waals surface area contributed by atoms with Gasteiger partial charge in [-0.25, -0.2) is 0 Å². The summed E-state index contributed by atoms with van der Waals surface area (Å²) in [4.78, 5) is 27.3. The van der Waals surface area contributed by atoms with E-state index in [1.165, 1.54) is 18.2 Å². The summed E-state index contributed by atoms with van der Waals surface area (Å²) >= 11 is 0. The molecule has 1 fully saturated rings. The largest absolute Gasteiger partial charge is 0.497 e. The van der Waals surface area contributed by atoms with Crippen LogP contribution in [0.3, 0.4) is 0 Å². The lowest BCUT2D eigenvalue weighted by molar-refractivity contribution is -0.132. The summed E-state index contributed by atoms with van der Waals surface area (Å²) in [7, 11) is 1.60. The molecule has 2 aromatic carbocycles. The molecule has 1 N–H and O–H groups in total. The van der Waals surface area contributed by atoms with Crippen molar-refractivity contribution in [2.24, 2.45) is 0 Å². The number of methoxy groups -OCH3 is 1. The van der Waals surface area contributed by atoms with Crippen molar-refractivity contribution in [2.45, 2.75) is 38.3 Å². The minimum atomic E-state index is -3.04. The van der Waals surface area contributed by atoms with Crippen LogP contribution in [0.5, 0.6) is 11.5 Å². The van der Waals surface area contributed by atoms with E-state index >= 15 is 0 Å². The lowest BCUT2D eigenvalue weighted by Gasteiger charge is -2.30. The number of halogens is 2. The van der Waals surface area contributed by atoms with E-state index in [0.717, 1.165) is 37.0 Å². The number of nitrogens with one attached hydrogen (secondary N) is 1. The van der Waals surface area contributed by atoms with Crippen molar-refractivity contribution in [1.82, 2.24) is 10.2 Å². The van der Waals surface area contributed by atoms with Gasteiger partial charge < -0.3 is 19.7 Å². The summed E-state index contributed by atoms with van der Waals surface area (Å²) in [6.07, 6.45) is 3.75. The van der Waals surface area contributed by atoms with Gasteiger partial charge in [0.2, 0.25) is 5.91 Å². The van der Waals surface area contributed by atoms with Crippen molar-refractivity contribution < 1.29 is 27.8 Å². The van der Waals surface area contributed by atoms with Gasteiger partial charge >= 0.3 is 6.61 Å². The molecule has 0 bridgehead atoms. The molecule has 1 atom stereocenters. The fourth-order valence-corrected chi connectivity index (χ4v) is 3.79. The van der Waals surface area contributed by atoms with E-state index in [0.29, 0.717) is 6.54 Å². The molecule has 0 radical (unpaired) electrons. The average molecular weight is 432 g/mol. The lowest BCUT2D eigenvalue weighted by atomic mass is 10.0. The molecule has 2 amide bonds. The molecule has 1 heterocycles. The Labute approximate surface area is 180 Å². The molecule has 8 heteroatoms. The zero-order valence-electron chi connectivity index (χ0n) is 17.4. The fraction of sp³-hybridized carbons (Fsp3) is 0.391. The van der Waals surface area contributed by atoms with Crippen molar-refractivity contribution in [3.63, 3.8) is 0 Å². The highest BCUT2D eigenvalue weighted by Gasteiger charge is 2.27. The Morgan fingerprint density at radius 3 is 2.55 bits per heavy atom. The maximum absolute atomic E-state index is 13.0. The average Bonchev–Trinajstić information content (AvgIpc) is 3.03. The Morgan fingerprint density at radius 2 is 1.84 bits per heavy atom. The Hall–Kier alpha value is -3.16. The second-order valence-corrected chi connectivity index (χ2v) is 7.28. The molecule has 1 aliphatic rings. The second-order valence-electron chi connectivity index (χ2n) is 7.28. The van der Waals surface area contributed by atoms with E-state index in [1.807, 2.05) is 24.3 Å². The Bertz CT molecular complexity index is 889. The molecule has 1 aliphatic heterocycles. The van der Waals surface area contributed by atoms with Crippen molar-refractivity contribution in [2.75, 3.05) is 20.2 Å². The van der Waals surface area contributed by atoms with Crippen LogP contribution in [0.1, 0.15) is 47.6 Å². The number of benzene rings is 2. The van der Waals surface area contributed by atoms with Gasteiger partial charge in [0.1, 0.15) is 11.5 Å². The van der Waals surface area contributed by atoms with Gasteiger partial charge in [-0.2, -0.15) is 8.78 Å². The molecule has 0 aromatic heterocycles. The molecule has 0 spiro atoms. The fourth-order valence-electron chi connectivity index (χ4n) is 3.79. The van der Waals surface area contributed by atoms with Crippen LogP contribution in [0.15, 0.2) is 48.5 Å². The van der Waals surface area contributed by atoms with Gasteiger partial charge in [0.05, 0.1) is 25.3 Å². The van der Waals surface area contributed by atoms with E-state index in [-0.39, 0.29) is 29.8 Å². The van der Waals surface area contributed by atoms with Crippen molar-refractivity contribution in [3.05, 3.63) is 59.7 Å². The molecule has 31 heavy (non-hydrogen) atoms. The van der Waals surface area contributed by atoms with Crippen molar-refractivity contribution in [1.29, 1.82) is 0 Å². The Kier molecular flexibility index (Phi) is 7.81. The highest BCUT2D eigenvalue weighted by atomic mass is 19.3. The van der Waals surface area contributed by atoms with Crippen molar-refractivity contribution in [3.8, 4) is 11.5 Å². The quantitative estimate of drug-likeness (QED) is 0.713. The number of likely N-dealkylation sites (tertiary alicyclic amines) is 1. The number of nitrogens with zero attached hydrogens (tertiary/aromatic N) is 1. The van der Waals surface area contributed by atoms with Crippen LogP contribution in [0.25, 0.3) is 0 Å². The summed E-state index contributed by atoms with van der Waals surface area (Å²) in [5.74, 6) is -0.343. The number of carbonyl (C=O) groups excluding carboxylic acids is 2. The van der Waals surface area contributed by atoms with Gasteiger partial charge in [-0.3, -0.25) is 9.59 Å². The van der Waals surface area contributed by atoms with Gasteiger partial charge in [-0.05, 0) is 42.7 Å². The predicted molar refractivity (Wildman–Crippen MR) is 111 cm³/mol. The summed E-state index contributed by atoms with van der Waals surface area (Å²) in [5, 5.41) is 2.55. The van der Waals surface area contributed by atoms with Gasteiger partial charge in [-0.1, -0.05) is 37.1 Å². The third-order valence-corrected chi connectivity index (χ3v) is 5.32. The minimum absolute atomic E-state index is 0.0434. The number of ether oxygens (including phenoxy) is 2. The van der Waals surface area contributed by atoms with E-state index in [2.05, 4.69) is 10.1 Å². The maximum atomic E-state index is 13.0. The minimum Gasteiger partial charge on any atom is -0.497 e. The van der Waals surface area contributed by atoms with E-state index in [1.54, 1.807) is 18.1 Å². The van der Waals surface area contributed by atoms with Crippen LogP contribution < -0.4 is 14.8 Å². The summed E-state index contributed by atoms with van der Waals surface area (Å²) in [5.41, 5.74) is 0.969. The summed E-state index contributed by atoms with van der Waals surface area (Å²) < 4.78 is 34.8. The number of hydrogen-bond acceptors (Lipinski definition) is 4. The van der Waals surface area contributed by atoms with Crippen LogP contribution in [0.2, 0.25) is 0 Å². The number of alkyl halides is 2. The van der Waals surface area contributed by atoms with Gasteiger partial charge in [0, 0.05) is 6.54 Å². The molecule has 0 aliphatic carbocycles. The normalized spacial score (nSPS) is 16.5. The Balaban J connectivity index is 1.69.